The molecule has 0 saturated carbocycles. The summed E-state index contributed by atoms with van der Waals surface area (Å²) < 4.78 is 0. The summed E-state index contributed by atoms with van der Waals surface area (Å²) in [7, 11) is 0. The van der Waals surface area contributed by atoms with Crippen LogP contribution in [0.15, 0.2) is 30.3 Å². The van der Waals surface area contributed by atoms with Gasteiger partial charge in [0.05, 0.1) is 6.04 Å². The molecule has 0 aromatic heterocycles. The van der Waals surface area contributed by atoms with Crippen LogP contribution in [0.4, 0.5) is 0 Å². The normalized spacial score (nSPS) is 26.1. The van der Waals surface area contributed by atoms with E-state index < -0.39 is 0 Å². The zero-order chi connectivity index (χ0) is 13.8. The molecule has 2 heterocycles. The van der Waals surface area contributed by atoms with Gasteiger partial charge in [-0.3, -0.25) is 4.79 Å². The van der Waals surface area contributed by atoms with E-state index in [1.54, 1.807) is 0 Å². The van der Waals surface area contributed by atoms with Crippen molar-refractivity contribution in [2.24, 2.45) is 0 Å². The van der Waals surface area contributed by atoms with Crippen molar-refractivity contribution in [2.45, 2.75) is 50.6 Å². The van der Waals surface area contributed by atoms with Crippen LogP contribution < -0.4 is 5.32 Å². The Hall–Kier alpha value is -1.35. The fourth-order valence-electron chi connectivity index (χ4n) is 3.53. The number of nitrogens with zero attached hydrogens (tertiary/aromatic N) is 1. The molecule has 2 unspecified atom stereocenters. The molecule has 3 heteroatoms. The lowest BCUT2D eigenvalue weighted by molar-refractivity contribution is -0.132. The monoisotopic (exact) mass is 272 g/mol. The van der Waals surface area contributed by atoms with Crippen LogP contribution in [0.3, 0.4) is 0 Å². The van der Waals surface area contributed by atoms with Crippen molar-refractivity contribution in [3.8, 4) is 0 Å². The highest BCUT2D eigenvalue weighted by Crippen LogP contribution is 2.32. The molecule has 1 aromatic rings. The number of carbonyl (C=O) groups excluding carboxylic acids is 1. The molecule has 2 aliphatic rings. The van der Waals surface area contributed by atoms with Gasteiger partial charge in [0.1, 0.15) is 0 Å². The van der Waals surface area contributed by atoms with Crippen molar-refractivity contribution < 1.29 is 4.79 Å². The number of nitrogens with one attached hydrogen (secondary N) is 1. The molecule has 1 amide bonds. The van der Waals surface area contributed by atoms with Crippen LogP contribution in [-0.2, 0) is 4.79 Å². The van der Waals surface area contributed by atoms with Crippen LogP contribution >= 0.6 is 0 Å². The summed E-state index contributed by atoms with van der Waals surface area (Å²) in [5, 5.41) is 3.47. The second-order valence-electron chi connectivity index (χ2n) is 5.99. The van der Waals surface area contributed by atoms with Gasteiger partial charge in [-0.05, 0) is 44.2 Å². The van der Waals surface area contributed by atoms with Crippen LogP contribution in [0.5, 0.6) is 0 Å². The number of carbonyl (C=O) groups is 1. The first-order valence-corrected chi connectivity index (χ1v) is 7.92. The summed E-state index contributed by atoms with van der Waals surface area (Å²) in [6.07, 6.45) is 6.42. The first-order chi connectivity index (χ1) is 9.84. The van der Waals surface area contributed by atoms with E-state index in [4.69, 9.17) is 0 Å². The minimum Gasteiger partial charge on any atom is -0.336 e. The highest BCUT2D eigenvalue weighted by atomic mass is 16.2. The molecule has 1 aromatic carbocycles. The van der Waals surface area contributed by atoms with E-state index in [0.29, 0.717) is 24.4 Å². The maximum Gasteiger partial charge on any atom is 0.223 e. The SMILES string of the molecule is O=C(CCC1CCCN1)N1CCCC1c1ccccc1. The predicted octanol–water partition coefficient (Wildman–Crippen LogP) is 2.88. The van der Waals surface area contributed by atoms with Crippen molar-refractivity contribution in [3.05, 3.63) is 35.9 Å². The maximum atomic E-state index is 12.5. The third-order valence-corrected chi connectivity index (χ3v) is 4.63. The number of hydrogen-bond donors (Lipinski definition) is 1. The van der Waals surface area contributed by atoms with Gasteiger partial charge in [-0.15, -0.1) is 0 Å². The van der Waals surface area contributed by atoms with Gasteiger partial charge in [0.25, 0.3) is 0 Å². The first-order valence-electron chi connectivity index (χ1n) is 7.92. The van der Waals surface area contributed by atoms with Crippen molar-refractivity contribution in [2.75, 3.05) is 13.1 Å². The van der Waals surface area contributed by atoms with Gasteiger partial charge in [-0.2, -0.15) is 0 Å². The number of hydrogen-bond acceptors (Lipinski definition) is 2. The fourth-order valence-corrected chi connectivity index (χ4v) is 3.53. The minimum absolute atomic E-state index is 0.306. The molecule has 20 heavy (non-hydrogen) atoms. The summed E-state index contributed by atoms with van der Waals surface area (Å²) in [6.45, 7) is 2.05. The molecule has 108 valence electrons. The Bertz CT molecular complexity index is 440. The Morgan fingerprint density at radius 2 is 2.05 bits per heavy atom. The Kier molecular flexibility index (Phi) is 4.36. The van der Waals surface area contributed by atoms with Gasteiger partial charge in [-0.1, -0.05) is 30.3 Å². The molecular formula is C17H24N2O. The molecule has 2 atom stereocenters. The van der Waals surface area contributed by atoms with E-state index in [-0.39, 0.29) is 0 Å². The summed E-state index contributed by atoms with van der Waals surface area (Å²) in [6, 6.07) is 11.3. The third-order valence-electron chi connectivity index (χ3n) is 4.63. The molecule has 2 aliphatic heterocycles. The lowest BCUT2D eigenvalue weighted by atomic mass is 10.0. The molecule has 0 spiro atoms. The zero-order valence-corrected chi connectivity index (χ0v) is 12.1. The Morgan fingerprint density at radius 3 is 2.80 bits per heavy atom. The molecule has 0 aliphatic carbocycles. The van der Waals surface area contributed by atoms with Crippen molar-refractivity contribution in [1.29, 1.82) is 0 Å². The molecule has 0 bridgehead atoms. The van der Waals surface area contributed by atoms with Gasteiger partial charge in [-0.25, -0.2) is 0 Å². The number of benzene rings is 1. The molecule has 2 saturated heterocycles. The molecule has 3 rings (SSSR count). The molecule has 3 nitrogen and oxygen atoms in total. The standard InChI is InChI=1S/C17H24N2O/c20-17(11-10-15-8-4-12-18-15)19-13-5-9-16(19)14-6-2-1-3-7-14/h1-3,6-7,15-16,18H,4-5,8-13H2. The zero-order valence-electron chi connectivity index (χ0n) is 12.1. The van der Waals surface area contributed by atoms with Crippen LogP contribution in [0.1, 0.15) is 50.1 Å². The second-order valence-corrected chi connectivity index (χ2v) is 5.99. The van der Waals surface area contributed by atoms with Gasteiger partial charge in [0.15, 0.2) is 0 Å². The average Bonchev–Trinajstić information content (AvgIpc) is 3.17. The van der Waals surface area contributed by atoms with E-state index >= 15 is 0 Å². The largest absolute Gasteiger partial charge is 0.336 e. The molecule has 0 radical (unpaired) electrons. The van der Waals surface area contributed by atoms with E-state index in [9.17, 15) is 4.79 Å². The van der Waals surface area contributed by atoms with Crippen LogP contribution in [0, 0.1) is 0 Å². The van der Waals surface area contributed by atoms with Crippen LogP contribution in [-0.4, -0.2) is 29.9 Å². The van der Waals surface area contributed by atoms with Gasteiger partial charge in [0.2, 0.25) is 5.91 Å². The number of likely N-dealkylation sites (tertiary alicyclic amines) is 1. The van der Waals surface area contributed by atoms with Crippen molar-refractivity contribution in [3.63, 3.8) is 0 Å². The van der Waals surface area contributed by atoms with E-state index in [0.717, 1.165) is 32.4 Å². The minimum atomic E-state index is 0.306. The summed E-state index contributed by atoms with van der Waals surface area (Å²) >= 11 is 0. The highest BCUT2D eigenvalue weighted by Gasteiger charge is 2.29. The smallest absolute Gasteiger partial charge is 0.223 e. The summed E-state index contributed by atoms with van der Waals surface area (Å²) in [4.78, 5) is 14.6. The van der Waals surface area contributed by atoms with Crippen LogP contribution in [0.2, 0.25) is 0 Å². The topological polar surface area (TPSA) is 32.3 Å². The summed E-state index contributed by atoms with van der Waals surface area (Å²) in [5.74, 6) is 0.338. The lowest BCUT2D eigenvalue weighted by Gasteiger charge is -2.25. The van der Waals surface area contributed by atoms with E-state index in [1.807, 2.05) is 6.07 Å². The lowest BCUT2D eigenvalue weighted by Crippen LogP contribution is -2.32. The van der Waals surface area contributed by atoms with Crippen LogP contribution in [0.25, 0.3) is 0 Å². The van der Waals surface area contributed by atoms with Gasteiger partial charge in [0, 0.05) is 19.0 Å². The van der Waals surface area contributed by atoms with Crippen molar-refractivity contribution in [1.82, 2.24) is 10.2 Å². The molecule has 2 fully saturated rings. The highest BCUT2D eigenvalue weighted by molar-refractivity contribution is 5.77. The average molecular weight is 272 g/mol. The quantitative estimate of drug-likeness (QED) is 0.914. The van der Waals surface area contributed by atoms with Gasteiger partial charge < -0.3 is 10.2 Å². The summed E-state index contributed by atoms with van der Waals surface area (Å²) in [5.41, 5.74) is 1.29. The Balaban J connectivity index is 1.58. The number of rotatable bonds is 4. The third kappa shape index (κ3) is 3.04. The maximum absolute atomic E-state index is 12.5. The molecular weight excluding hydrogens is 248 g/mol. The fraction of sp³-hybridized carbons (Fsp3) is 0.588. The van der Waals surface area contributed by atoms with E-state index in [2.05, 4.69) is 34.5 Å². The predicted molar refractivity (Wildman–Crippen MR) is 80.4 cm³/mol. The second kappa shape index (κ2) is 6.40. The Labute approximate surface area is 121 Å². The Morgan fingerprint density at radius 1 is 1.20 bits per heavy atom. The van der Waals surface area contributed by atoms with Crippen molar-refractivity contribution >= 4 is 5.91 Å². The first kappa shape index (κ1) is 13.6. The molecule has 1 N–H and O–H groups in total. The number of amides is 1. The van der Waals surface area contributed by atoms with Gasteiger partial charge >= 0.3 is 0 Å². The van der Waals surface area contributed by atoms with E-state index in [1.165, 1.54) is 18.4 Å².